The van der Waals surface area contributed by atoms with Gasteiger partial charge < -0.3 is 14.7 Å². The topological polar surface area (TPSA) is 103 Å². The van der Waals surface area contributed by atoms with Crippen LogP contribution in [-0.4, -0.2) is 44.9 Å². The van der Waals surface area contributed by atoms with Gasteiger partial charge in [0, 0.05) is 19.4 Å². The summed E-state index contributed by atoms with van der Waals surface area (Å²) in [7, 11) is -4.77. The monoisotopic (exact) mass is 324 g/mol. The Morgan fingerprint density at radius 1 is 1.55 bits per heavy atom. The quantitative estimate of drug-likeness (QED) is 0.511. The first-order valence-electron chi connectivity index (χ1n) is 6.39. The van der Waals surface area contributed by atoms with E-state index in [4.69, 9.17) is 14.3 Å². The molecule has 116 valence electrons. The van der Waals surface area contributed by atoms with E-state index in [2.05, 4.69) is 4.99 Å². The Morgan fingerprint density at radius 2 is 2.20 bits per heavy atom. The second-order valence-corrected chi connectivity index (χ2v) is 7.46. The van der Waals surface area contributed by atoms with E-state index < -0.39 is 16.1 Å². The van der Waals surface area contributed by atoms with Gasteiger partial charge in [-0.15, -0.1) is 0 Å². The van der Waals surface area contributed by atoms with Crippen LogP contribution in [0.15, 0.2) is 16.4 Å². The molecular weight excluding hydrogens is 302 g/mol. The third-order valence-corrected chi connectivity index (χ3v) is 5.21. The Hall–Kier alpha value is -0.290. The van der Waals surface area contributed by atoms with Gasteiger partial charge in [0.1, 0.15) is 5.82 Å². The van der Waals surface area contributed by atoms with Gasteiger partial charge in [0.15, 0.2) is 8.38 Å². The Balaban J connectivity index is 3.14. The maximum Gasteiger partial charge on any atom is 0.433 e. The zero-order valence-corrected chi connectivity index (χ0v) is 13.8. The van der Waals surface area contributed by atoms with Gasteiger partial charge in [-0.2, -0.15) is 0 Å². The number of rotatable bonds is 6. The zero-order chi connectivity index (χ0) is 15.3. The van der Waals surface area contributed by atoms with Crippen molar-refractivity contribution < 1.29 is 23.8 Å². The van der Waals surface area contributed by atoms with Gasteiger partial charge in [-0.05, 0) is 31.8 Å². The highest BCUT2D eigenvalue weighted by Gasteiger charge is 2.33. The molecule has 0 aromatic carbocycles. The summed E-state index contributed by atoms with van der Waals surface area (Å²) in [5, 5.41) is 0. The highest BCUT2D eigenvalue weighted by Crippen LogP contribution is 2.50. The predicted molar refractivity (Wildman–Crippen MR) is 79.4 cm³/mol. The fourth-order valence-corrected chi connectivity index (χ4v) is 3.64. The van der Waals surface area contributed by atoms with E-state index >= 15 is 0 Å². The Bertz CT molecular complexity index is 450. The van der Waals surface area contributed by atoms with Crippen molar-refractivity contribution in [1.29, 1.82) is 0 Å². The van der Waals surface area contributed by atoms with Crippen LogP contribution in [0.1, 0.15) is 33.1 Å². The molecule has 1 heterocycles. The molecule has 0 aliphatic carbocycles. The van der Waals surface area contributed by atoms with Gasteiger partial charge in [-0.1, -0.05) is 6.92 Å². The van der Waals surface area contributed by atoms with Crippen molar-refractivity contribution in [3.05, 3.63) is 11.4 Å². The molecule has 0 spiro atoms. The average Bonchev–Trinajstić information content (AvgIpc) is 2.39. The molecule has 0 aromatic rings. The Kier molecular flexibility index (Phi) is 6.79. The van der Waals surface area contributed by atoms with E-state index in [0.717, 1.165) is 18.4 Å². The molecule has 0 radical (unpaired) electrons. The van der Waals surface area contributed by atoms with Crippen LogP contribution in [0.2, 0.25) is 0 Å². The summed E-state index contributed by atoms with van der Waals surface area (Å²) in [6, 6.07) is 0. The highest BCUT2D eigenvalue weighted by molar-refractivity contribution is 7.50. The molecule has 20 heavy (non-hydrogen) atoms. The summed E-state index contributed by atoms with van der Waals surface area (Å²) in [6.45, 7) is 4.10. The van der Waals surface area contributed by atoms with Gasteiger partial charge in [-0.3, -0.25) is 9.19 Å². The molecule has 0 amide bonds. The van der Waals surface area contributed by atoms with Crippen LogP contribution in [0.3, 0.4) is 0 Å². The summed E-state index contributed by atoms with van der Waals surface area (Å²) in [4.78, 5) is 32.4. The van der Waals surface area contributed by atoms with Crippen LogP contribution in [0.25, 0.3) is 0 Å². The number of hydrogen-bond acceptors (Lipinski definition) is 5. The van der Waals surface area contributed by atoms with E-state index in [1.807, 2.05) is 13.8 Å². The number of nitrogens with zero attached hydrogens (tertiary/aromatic N) is 2. The Labute approximate surface area is 120 Å². The molecule has 0 saturated heterocycles. The first-order chi connectivity index (χ1) is 9.31. The average molecular weight is 324 g/mol. The van der Waals surface area contributed by atoms with E-state index in [1.165, 1.54) is 11.8 Å². The molecule has 7 nitrogen and oxygen atoms in total. The van der Waals surface area contributed by atoms with Crippen molar-refractivity contribution in [2.75, 3.05) is 19.8 Å². The largest absolute Gasteiger partial charge is 0.433 e. The SMILES string of the molecule is CCC(CP(O)O)=NC1=C(C)CCCN1P(=O)(O)OC. The smallest absolute Gasteiger partial charge is 0.350 e. The van der Waals surface area contributed by atoms with Crippen LogP contribution in [0, 0.1) is 0 Å². The first-order valence-corrected chi connectivity index (χ1v) is 9.36. The predicted octanol–water partition coefficient (Wildman–Crippen LogP) is 2.21. The third-order valence-electron chi connectivity index (χ3n) is 3.09. The summed E-state index contributed by atoms with van der Waals surface area (Å²) in [5.74, 6) is 0.414. The van der Waals surface area contributed by atoms with Crippen LogP contribution in [-0.2, 0) is 9.09 Å². The fraction of sp³-hybridized carbons (Fsp3) is 0.727. The lowest BCUT2D eigenvalue weighted by Gasteiger charge is -2.32. The van der Waals surface area contributed by atoms with E-state index in [9.17, 15) is 9.46 Å². The minimum Gasteiger partial charge on any atom is -0.350 e. The van der Waals surface area contributed by atoms with Crippen molar-refractivity contribution in [2.45, 2.75) is 33.1 Å². The second kappa shape index (κ2) is 7.64. The lowest BCUT2D eigenvalue weighted by atomic mass is 10.1. The summed E-state index contributed by atoms with van der Waals surface area (Å²) in [5.41, 5.74) is 1.49. The summed E-state index contributed by atoms with van der Waals surface area (Å²) in [6.07, 6.45) is 2.18. The molecule has 0 aromatic heterocycles. The minimum atomic E-state index is -3.89. The van der Waals surface area contributed by atoms with Crippen LogP contribution in [0.5, 0.6) is 0 Å². The number of hydrogen-bond donors (Lipinski definition) is 3. The van der Waals surface area contributed by atoms with Crippen molar-refractivity contribution >= 4 is 21.8 Å². The first kappa shape index (κ1) is 17.8. The van der Waals surface area contributed by atoms with Gasteiger partial charge in [0.05, 0.1) is 6.16 Å². The van der Waals surface area contributed by atoms with Crippen molar-refractivity contribution in [2.24, 2.45) is 4.99 Å². The molecule has 0 bridgehead atoms. The van der Waals surface area contributed by atoms with Crippen LogP contribution in [0.4, 0.5) is 0 Å². The minimum absolute atomic E-state index is 0.0825. The third kappa shape index (κ3) is 4.62. The highest BCUT2D eigenvalue weighted by atomic mass is 31.2. The lowest BCUT2D eigenvalue weighted by Crippen LogP contribution is -2.26. The van der Waals surface area contributed by atoms with Crippen molar-refractivity contribution in [3.8, 4) is 0 Å². The van der Waals surface area contributed by atoms with Crippen molar-refractivity contribution in [3.63, 3.8) is 0 Å². The molecule has 1 aliphatic rings. The normalized spacial score (nSPS) is 20.6. The molecule has 0 fully saturated rings. The lowest BCUT2D eigenvalue weighted by molar-refractivity contribution is 0.248. The van der Waals surface area contributed by atoms with Gasteiger partial charge in [0.2, 0.25) is 0 Å². The number of allylic oxidation sites excluding steroid dienone is 1. The molecule has 1 unspecified atom stereocenters. The Morgan fingerprint density at radius 3 is 2.70 bits per heavy atom. The van der Waals surface area contributed by atoms with Gasteiger partial charge in [-0.25, -0.2) is 9.56 Å². The molecule has 1 atom stereocenters. The molecule has 0 saturated carbocycles. The van der Waals surface area contributed by atoms with E-state index in [1.54, 1.807) is 0 Å². The van der Waals surface area contributed by atoms with Crippen molar-refractivity contribution in [1.82, 2.24) is 4.67 Å². The molecular formula is C11H22N2O5P2. The summed E-state index contributed by atoms with van der Waals surface area (Å²) >= 11 is 0. The summed E-state index contributed by atoms with van der Waals surface area (Å²) < 4.78 is 18.0. The van der Waals surface area contributed by atoms with E-state index in [0.29, 0.717) is 24.5 Å². The zero-order valence-electron chi connectivity index (χ0n) is 12.0. The second-order valence-electron chi connectivity index (χ2n) is 4.57. The van der Waals surface area contributed by atoms with Crippen LogP contribution < -0.4 is 0 Å². The van der Waals surface area contributed by atoms with E-state index in [-0.39, 0.29) is 6.16 Å². The molecule has 3 N–H and O–H groups in total. The maximum absolute atomic E-state index is 12.0. The van der Waals surface area contributed by atoms with Gasteiger partial charge in [0.25, 0.3) is 0 Å². The molecule has 9 heteroatoms. The maximum atomic E-state index is 12.0. The van der Waals surface area contributed by atoms with Gasteiger partial charge >= 0.3 is 7.75 Å². The fourth-order valence-electron chi connectivity index (χ4n) is 1.97. The molecule has 1 aliphatic heterocycles. The number of aliphatic imine (C=N–C) groups is 1. The standard InChI is InChI=1S/C11H22N2O5P2/c1-4-10(8-19(14)15)12-11-9(2)6-5-7-13(11)20(16,17)18-3/h14-15H,4-8H2,1-3H3,(H,16,17). The molecule has 1 rings (SSSR count). The van der Waals surface area contributed by atoms with Crippen LogP contribution >= 0.6 is 16.1 Å².